The molecule has 3 aromatic rings. The van der Waals surface area contributed by atoms with Gasteiger partial charge < -0.3 is 10.8 Å². The lowest BCUT2D eigenvalue weighted by atomic mass is 10.1. The van der Waals surface area contributed by atoms with E-state index in [9.17, 15) is 18.0 Å². The number of nitrogens with two attached hydrogens (primary N) is 1. The maximum atomic E-state index is 13.3. The summed E-state index contributed by atoms with van der Waals surface area (Å²) < 4.78 is 41.0. The molecule has 11 heteroatoms. The SMILES string of the molecule is NC(=O)/C(=C/n1cnc(-c2cc(C3CC3)nc(C(F)(F)F)c2)n1)c1ccc(CO)nc1. The van der Waals surface area contributed by atoms with Crippen molar-refractivity contribution < 1.29 is 23.1 Å². The van der Waals surface area contributed by atoms with Gasteiger partial charge in [0.15, 0.2) is 5.82 Å². The van der Waals surface area contributed by atoms with Crippen LogP contribution in [-0.2, 0) is 17.6 Å². The Morgan fingerprint density at radius 2 is 2.03 bits per heavy atom. The van der Waals surface area contributed by atoms with Crippen LogP contribution in [0.25, 0.3) is 23.2 Å². The van der Waals surface area contributed by atoms with Gasteiger partial charge in [-0.3, -0.25) is 9.78 Å². The Labute approximate surface area is 174 Å². The maximum absolute atomic E-state index is 13.3. The van der Waals surface area contributed by atoms with E-state index in [1.165, 1.54) is 29.5 Å². The van der Waals surface area contributed by atoms with Gasteiger partial charge >= 0.3 is 6.18 Å². The average Bonchev–Trinajstić information content (AvgIpc) is 3.49. The Hall–Kier alpha value is -3.60. The lowest BCUT2D eigenvalue weighted by Gasteiger charge is -2.09. The number of pyridine rings is 2. The molecule has 0 aliphatic heterocycles. The number of nitrogens with zero attached hydrogens (tertiary/aromatic N) is 5. The highest BCUT2D eigenvalue weighted by molar-refractivity contribution is 6.22. The standard InChI is InChI=1S/C20H17F3N6O2/c21-20(22,23)17-6-13(5-16(27-17)11-1-2-11)19-26-10-29(28-19)8-15(18(24)31)12-3-4-14(9-30)25-7-12/h3-8,10-11,30H,1-2,9H2,(H2,24,31)/b15-8+. The fourth-order valence-electron chi connectivity index (χ4n) is 2.97. The molecule has 1 amide bonds. The van der Waals surface area contributed by atoms with E-state index in [4.69, 9.17) is 10.8 Å². The van der Waals surface area contributed by atoms with Crippen LogP contribution >= 0.6 is 0 Å². The number of halogens is 3. The third kappa shape index (κ3) is 4.61. The highest BCUT2D eigenvalue weighted by Gasteiger charge is 2.35. The van der Waals surface area contributed by atoms with Crippen LogP contribution in [0.2, 0.25) is 0 Å². The van der Waals surface area contributed by atoms with Crippen LogP contribution in [0, 0.1) is 0 Å². The second-order valence-electron chi connectivity index (χ2n) is 7.09. The number of aliphatic hydroxyl groups is 1. The predicted octanol–water partition coefficient (Wildman–Crippen LogP) is 2.61. The zero-order chi connectivity index (χ0) is 22.2. The van der Waals surface area contributed by atoms with E-state index in [0.29, 0.717) is 17.0 Å². The molecule has 1 aliphatic rings. The van der Waals surface area contributed by atoms with Crippen LogP contribution in [-0.4, -0.2) is 35.7 Å². The van der Waals surface area contributed by atoms with Gasteiger partial charge in [0.1, 0.15) is 12.0 Å². The van der Waals surface area contributed by atoms with E-state index >= 15 is 0 Å². The van der Waals surface area contributed by atoms with Crippen molar-refractivity contribution in [2.24, 2.45) is 5.73 Å². The van der Waals surface area contributed by atoms with Crippen LogP contribution in [0.1, 0.15) is 41.4 Å². The van der Waals surface area contributed by atoms with Gasteiger partial charge in [-0.15, -0.1) is 5.10 Å². The molecule has 0 spiro atoms. The summed E-state index contributed by atoms with van der Waals surface area (Å²) in [5.41, 5.74) is 5.89. The van der Waals surface area contributed by atoms with Gasteiger partial charge in [-0.25, -0.2) is 14.6 Å². The summed E-state index contributed by atoms with van der Waals surface area (Å²) in [5, 5.41) is 13.3. The molecule has 3 N–H and O–H groups in total. The number of alkyl halides is 3. The molecule has 1 aliphatic carbocycles. The minimum absolute atomic E-state index is 0.0129. The molecule has 3 heterocycles. The van der Waals surface area contributed by atoms with Gasteiger partial charge in [-0.05, 0) is 31.0 Å². The number of hydrogen-bond donors (Lipinski definition) is 2. The number of rotatable bonds is 6. The second kappa shape index (κ2) is 7.91. The normalized spacial score (nSPS) is 14.6. The van der Waals surface area contributed by atoms with Crippen molar-refractivity contribution >= 4 is 17.7 Å². The van der Waals surface area contributed by atoms with Crippen molar-refractivity contribution in [1.29, 1.82) is 0 Å². The van der Waals surface area contributed by atoms with E-state index in [1.54, 1.807) is 12.1 Å². The monoisotopic (exact) mass is 430 g/mol. The zero-order valence-corrected chi connectivity index (χ0v) is 16.0. The van der Waals surface area contributed by atoms with Gasteiger partial charge in [0, 0.05) is 35.1 Å². The highest BCUT2D eigenvalue weighted by Crippen LogP contribution is 2.41. The lowest BCUT2D eigenvalue weighted by Crippen LogP contribution is -2.14. The molecule has 1 fully saturated rings. The number of carbonyl (C=O) groups is 1. The van der Waals surface area contributed by atoms with Gasteiger partial charge in [0.05, 0.1) is 17.9 Å². The zero-order valence-electron chi connectivity index (χ0n) is 16.0. The summed E-state index contributed by atoms with van der Waals surface area (Å²) in [7, 11) is 0. The first kappa shape index (κ1) is 20.7. The molecular formula is C20H17F3N6O2. The van der Waals surface area contributed by atoms with E-state index in [1.807, 2.05) is 0 Å². The van der Waals surface area contributed by atoms with Crippen LogP contribution in [0.3, 0.4) is 0 Å². The fraction of sp³-hybridized carbons (Fsp3) is 0.250. The molecule has 31 heavy (non-hydrogen) atoms. The molecular weight excluding hydrogens is 413 g/mol. The Morgan fingerprint density at radius 1 is 1.26 bits per heavy atom. The molecule has 0 saturated heterocycles. The van der Waals surface area contributed by atoms with Crippen molar-refractivity contribution in [1.82, 2.24) is 24.7 Å². The number of aliphatic hydroxyl groups excluding tert-OH is 1. The maximum Gasteiger partial charge on any atom is 0.433 e. The molecule has 0 unspecified atom stereocenters. The van der Waals surface area contributed by atoms with Crippen molar-refractivity contribution in [3.05, 3.63) is 59.4 Å². The largest absolute Gasteiger partial charge is 0.433 e. The molecule has 160 valence electrons. The average molecular weight is 430 g/mol. The summed E-state index contributed by atoms with van der Waals surface area (Å²) in [5.74, 6) is -0.683. The molecule has 3 aromatic heterocycles. The van der Waals surface area contributed by atoms with Crippen molar-refractivity contribution in [2.45, 2.75) is 31.5 Å². The Bertz CT molecular complexity index is 1150. The van der Waals surface area contributed by atoms with Crippen LogP contribution < -0.4 is 5.73 Å². The van der Waals surface area contributed by atoms with Crippen LogP contribution in [0.4, 0.5) is 13.2 Å². The Kier molecular flexibility index (Phi) is 5.27. The minimum Gasteiger partial charge on any atom is -0.390 e. The van der Waals surface area contributed by atoms with Crippen molar-refractivity contribution in [3.8, 4) is 11.4 Å². The molecule has 0 radical (unpaired) electrons. The molecule has 0 atom stereocenters. The summed E-state index contributed by atoms with van der Waals surface area (Å²) in [6.45, 7) is -0.253. The Balaban J connectivity index is 1.70. The summed E-state index contributed by atoms with van der Waals surface area (Å²) in [6.07, 6.45) is 0.947. The molecule has 8 nitrogen and oxygen atoms in total. The highest BCUT2D eigenvalue weighted by atomic mass is 19.4. The lowest BCUT2D eigenvalue weighted by molar-refractivity contribution is -0.141. The Morgan fingerprint density at radius 3 is 2.61 bits per heavy atom. The van der Waals surface area contributed by atoms with Gasteiger partial charge in [0.2, 0.25) is 0 Å². The number of primary amides is 1. The molecule has 0 aromatic carbocycles. The van der Waals surface area contributed by atoms with Gasteiger partial charge in [0.25, 0.3) is 5.91 Å². The quantitative estimate of drug-likeness (QED) is 0.580. The summed E-state index contributed by atoms with van der Waals surface area (Å²) in [6, 6.07) is 5.56. The van der Waals surface area contributed by atoms with E-state index in [0.717, 1.165) is 18.9 Å². The second-order valence-corrected chi connectivity index (χ2v) is 7.09. The number of aromatic nitrogens is 5. The number of amides is 1. The smallest absolute Gasteiger partial charge is 0.390 e. The predicted molar refractivity (Wildman–Crippen MR) is 104 cm³/mol. The van der Waals surface area contributed by atoms with Crippen molar-refractivity contribution in [2.75, 3.05) is 0 Å². The third-order valence-electron chi connectivity index (χ3n) is 4.72. The number of hydrogen-bond acceptors (Lipinski definition) is 6. The molecule has 0 bridgehead atoms. The molecule has 1 saturated carbocycles. The van der Waals surface area contributed by atoms with Crippen molar-refractivity contribution in [3.63, 3.8) is 0 Å². The number of carbonyl (C=O) groups excluding carboxylic acids is 1. The molecule has 4 rings (SSSR count). The summed E-state index contributed by atoms with van der Waals surface area (Å²) >= 11 is 0. The van der Waals surface area contributed by atoms with Gasteiger partial charge in [-0.2, -0.15) is 13.2 Å². The van der Waals surface area contributed by atoms with E-state index in [-0.39, 0.29) is 29.5 Å². The van der Waals surface area contributed by atoms with Crippen LogP contribution in [0.5, 0.6) is 0 Å². The fourth-order valence-corrected chi connectivity index (χ4v) is 2.97. The van der Waals surface area contributed by atoms with E-state index < -0.39 is 17.8 Å². The topological polar surface area (TPSA) is 120 Å². The van der Waals surface area contributed by atoms with E-state index in [2.05, 4.69) is 20.1 Å². The minimum atomic E-state index is -4.59. The summed E-state index contributed by atoms with van der Waals surface area (Å²) in [4.78, 5) is 23.7. The van der Waals surface area contributed by atoms with Crippen LogP contribution in [0.15, 0.2) is 36.8 Å². The van der Waals surface area contributed by atoms with Gasteiger partial charge in [-0.1, -0.05) is 6.07 Å². The third-order valence-corrected chi connectivity index (χ3v) is 4.72. The first-order chi connectivity index (χ1) is 14.7. The first-order valence-electron chi connectivity index (χ1n) is 9.33. The first-order valence-corrected chi connectivity index (χ1v) is 9.33.